The van der Waals surface area contributed by atoms with Crippen molar-refractivity contribution < 1.29 is 19.5 Å². The maximum atomic E-state index is 12.9. The lowest BCUT2D eigenvalue weighted by molar-refractivity contribution is -0.148. The first-order chi connectivity index (χ1) is 12.5. The number of carboxylic acid groups (broad SMARTS) is 1. The zero-order chi connectivity index (χ0) is 18.8. The molecule has 2 aliphatic rings. The van der Waals surface area contributed by atoms with Crippen LogP contribution in [-0.4, -0.2) is 39.2 Å². The van der Waals surface area contributed by atoms with Crippen LogP contribution in [0.25, 0.3) is 0 Å². The van der Waals surface area contributed by atoms with Gasteiger partial charge in [-0.2, -0.15) is 5.10 Å². The van der Waals surface area contributed by atoms with Gasteiger partial charge in [-0.15, -0.1) is 0 Å². The summed E-state index contributed by atoms with van der Waals surface area (Å²) in [6, 6.07) is 0. The summed E-state index contributed by atoms with van der Waals surface area (Å²) in [6.07, 6.45) is 5.00. The monoisotopic (exact) mass is 362 g/mol. The molecule has 2 amide bonds. The van der Waals surface area contributed by atoms with Gasteiger partial charge in [0.25, 0.3) is 5.91 Å². The van der Waals surface area contributed by atoms with E-state index in [2.05, 4.69) is 15.7 Å². The Balaban J connectivity index is 1.79. The molecule has 0 radical (unpaired) electrons. The van der Waals surface area contributed by atoms with Gasteiger partial charge in [0, 0.05) is 19.3 Å². The second-order valence-electron chi connectivity index (χ2n) is 7.22. The lowest BCUT2D eigenvalue weighted by Gasteiger charge is -2.26. The number of carbonyl (C=O) groups is 3. The van der Waals surface area contributed by atoms with Crippen LogP contribution in [0.3, 0.4) is 0 Å². The zero-order valence-electron chi connectivity index (χ0n) is 15.2. The van der Waals surface area contributed by atoms with Gasteiger partial charge in [-0.25, -0.2) is 0 Å². The fourth-order valence-corrected chi connectivity index (χ4v) is 4.40. The van der Waals surface area contributed by atoms with Crippen LogP contribution in [0.15, 0.2) is 6.20 Å². The molecular weight excluding hydrogens is 336 g/mol. The zero-order valence-corrected chi connectivity index (χ0v) is 15.2. The summed E-state index contributed by atoms with van der Waals surface area (Å²) >= 11 is 0. The minimum atomic E-state index is -0.900. The first kappa shape index (κ1) is 18.4. The van der Waals surface area contributed by atoms with E-state index >= 15 is 0 Å². The van der Waals surface area contributed by atoms with Crippen LogP contribution in [0.1, 0.15) is 50.0 Å². The topological polar surface area (TPSA) is 113 Å². The standard InChI is InChI=1S/C18H26N4O4/c1-3-7-19-17(24)15-12(9-22(4-2)21-15)20-16(23)13-10-5-6-11(8-10)14(13)18(25)26/h9-11,13-14H,3-8H2,1-2H3,(H,19,24)(H,20,23)(H,25,26)/t10-,11-,13+,14-/m0/s1. The molecule has 0 saturated heterocycles. The highest BCUT2D eigenvalue weighted by atomic mass is 16.4. The Bertz CT molecular complexity index is 714. The molecule has 3 N–H and O–H groups in total. The average Bonchev–Trinajstić information content (AvgIpc) is 3.32. The van der Waals surface area contributed by atoms with Gasteiger partial charge in [-0.05, 0) is 44.4 Å². The number of aromatic nitrogens is 2. The Morgan fingerprint density at radius 2 is 1.92 bits per heavy atom. The Hall–Kier alpha value is -2.38. The predicted molar refractivity (Wildman–Crippen MR) is 94.6 cm³/mol. The molecule has 2 bridgehead atoms. The van der Waals surface area contributed by atoms with E-state index in [0.29, 0.717) is 18.8 Å². The number of hydrogen-bond acceptors (Lipinski definition) is 4. The van der Waals surface area contributed by atoms with Crippen molar-refractivity contribution >= 4 is 23.5 Å². The molecule has 3 rings (SSSR count). The maximum Gasteiger partial charge on any atom is 0.307 e. The van der Waals surface area contributed by atoms with Gasteiger partial charge in [0.05, 0.1) is 17.5 Å². The molecule has 142 valence electrons. The number of fused-ring (bicyclic) bond motifs is 2. The number of nitrogens with one attached hydrogen (secondary N) is 2. The van der Waals surface area contributed by atoms with Crippen molar-refractivity contribution in [2.45, 2.75) is 46.1 Å². The Kier molecular flexibility index (Phi) is 5.29. The van der Waals surface area contributed by atoms with Crippen LogP contribution in [0.5, 0.6) is 0 Å². The first-order valence-corrected chi connectivity index (χ1v) is 9.35. The minimum Gasteiger partial charge on any atom is -0.481 e. The maximum absolute atomic E-state index is 12.9. The quantitative estimate of drug-likeness (QED) is 0.683. The fourth-order valence-electron chi connectivity index (χ4n) is 4.40. The van der Waals surface area contributed by atoms with Gasteiger partial charge in [0.2, 0.25) is 5.91 Å². The highest BCUT2D eigenvalue weighted by Gasteiger charge is 2.54. The summed E-state index contributed by atoms with van der Waals surface area (Å²) in [6.45, 7) is 4.94. The Morgan fingerprint density at radius 1 is 1.23 bits per heavy atom. The van der Waals surface area contributed by atoms with Crippen molar-refractivity contribution in [1.29, 1.82) is 0 Å². The molecule has 0 aliphatic heterocycles. The number of carboxylic acids is 1. The summed E-state index contributed by atoms with van der Waals surface area (Å²) in [4.78, 5) is 36.8. The van der Waals surface area contributed by atoms with Crippen LogP contribution in [0, 0.1) is 23.7 Å². The highest BCUT2D eigenvalue weighted by molar-refractivity contribution is 6.03. The second-order valence-corrected chi connectivity index (χ2v) is 7.22. The van der Waals surface area contributed by atoms with E-state index in [1.54, 1.807) is 10.9 Å². The number of amides is 2. The summed E-state index contributed by atoms with van der Waals surface area (Å²) in [5.41, 5.74) is 0.515. The molecule has 1 heterocycles. The fraction of sp³-hybridized carbons (Fsp3) is 0.667. The first-order valence-electron chi connectivity index (χ1n) is 9.35. The van der Waals surface area contributed by atoms with Gasteiger partial charge < -0.3 is 15.7 Å². The highest BCUT2D eigenvalue weighted by Crippen LogP contribution is 2.52. The number of aliphatic carboxylic acids is 1. The lowest BCUT2D eigenvalue weighted by atomic mass is 9.78. The van der Waals surface area contributed by atoms with Crippen molar-refractivity contribution in [3.63, 3.8) is 0 Å². The van der Waals surface area contributed by atoms with Gasteiger partial charge >= 0.3 is 5.97 Å². The molecule has 8 nitrogen and oxygen atoms in total. The van der Waals surface area contributed by atoms with Crippen LogP contribution >= 0.6 is 0 Å². The van der Waals surface area contributed by atoms with Crippen LogP contribution in [0.2, 0.25) is 0 Å². The van der Waals surface area contributed by atoms with Crippen molar-refractivity contribution in [2.24, 2.45) is 23.7 Å². The largest absolute Gasteiger partial charge is 0.481 e. The lowest BCUT2D eigenvalue weighted by Crippen LogP contribution is -2.38. The van der Waals surface area contributed by atoms with Crippen molar-refractivity contribution in [3.05, 3.63) is 11.9 Å². The van der Waals surface area contributed by atoms with E-state index in [4.69, 9.17) is 0 Å². The molecule has 2 saturated carbocycles. The summed E-state index contributed by atoms with van der Waals surface area (Å²) in [5.74, 6) is -2.53. The number of anilines is 1. The second kappa shape index (κ2) is 7.47. The molecule has 4 atom stereocenters. The predicted octanol–water partition coefficient (Wildman–Crippen LogP) is 1.73. The number of rotatable bonds is 7. The minimum absolute atomic E-state index is 0.0824. The smallest absolute Gasteiger partial charge is 0.307 e. The number of nitrogens with zero attached hydrogens (tertiary/aromatic N) is 2. The summed E-state index contributed by atoms with van der Waals surface area (Å²) in [5, 5.41) is 19.3. The summed E-state index contributed by atoms with van der Waals surface area (Å²) < 4.78 is 1.59. The molecular formula is C18H26N4O4. The number of carbonyl (C=O) groups excluding carboxylic acids is 2. The molecule has 1 aromatic rings. The van der Waals surface area contributed by atoms with Gasteiger partial charge in [0.15, 0.2) is 5.69 Å². The third-order valence-electron chi connectivity index (χ3n) is 5.60. The molecule has 0 spiro atoms. The van der Waals surface area contributed by atoms with Gasteiger partial charge in [0.1, 0.15) is 0 Å². The van der Waals surface area contributed by atoms with E-state index in [-0.39, 0.29) is 29.3 Å². The Morgan fingerprint density at radius 3 is 2.54 bits per heavy atom. The molecule has 1 aromatic heterocycles. The molecule has 0 unspecified atom stereocenters. The average molecular weight is 362 g/mol. The van der Waals surface area contributed by atoms with Crippen molar-refractivity contribution in [3.8, 4) is 0 Å². The third kappa shape index (κ3) is 3.32. The molecule has 0 aromatic carbocycles. The number of hydrogen-bond donors (Lipinski definition) is 3. The van der Waals surface area contributed by atoms with Crippen molar-refractivity contribution in [1.82, 2.24) is 15.1 Å². The van der Waals surface area contributed by atoms with Crippen LogP contribution < -0.4 is 10.6 Å². The molecule has 26 heavy (non-hydrogen) atoms. The van der Waals surface area contributed by atoms with Crippen LogP contribution in [-0.2, 0) is 16.1 Å². The van der Waals surface area contributed by atoms with E-state index in [0.717, 1.165) is 25.7 Å². The van der Waals surface area contributed by atoms with Crippen LogP contribution in [0.4, 0.5) is 5.69 Å². The van der Waals surface area contributed by atoms with Crippen molar-refractivity contribution in [2.75, 3.05) is 11.9 Å². The van der Waals surface area contributed by atoms with E-state index in [1.165, 1.54) is 0 Å². The Labute approximate surface area is 152 Å². The van der Waals surface area contributed by atoms with E-state index < -0.39 is 17.8 Å². The third-order valence-corrected chi connectivity index (χ3v) is 5.60. The molecule has 8 heteroatoms. The van der Waals surface area contributed by atoms with Gasteiger partial charge in [-0.1, -0.05) is 6.92 Å². The van der Waals surface area contributed by atoms with Gasteiger partial charge in [-0.3, -0.25) is 19.1 Å². The normalized spacial score (nSPS) is 26.7. The SMILES string of the molecule is CCCNC(=O)c1nn(CC)cc1NC(=O)[C@@H]1[C@H]2CC[C@@H](C2)[C@@H]1C(=O)O. The van der Waals surface area contributed by atoms with E-state index in [9.17, 15) is 19.5 Å². The molecule has 2 aliphatic carbocycles. The summed E-state index contributed by atoms with van der Waals surface area (Å²) in [7, 11) is 0. The van der Waals surface area contributed by atoms with E-state index in [1.807, 2.05) is 13.8 Å². The molecule has 2 fully saturated rings. The number of aryl methyl sites for hydroxylation is 1.